The van der Waals surface area contributed by atoms with Crippen LogP contribution in [0.15, 0.2) is 28.7 Å². The van der Waals surface area contributed by atoms with E-state index in [1.54, 1.807) is 4.68 Å². The standard InChI is InChI=1S/C10H12BrN5/c11-9-4-1-3-8(7-9)10-13-14-15-16(10)6-2-5-12/h1,3-4,7H,2,5-6,12H2. The van der Waals surface area contributed by atoms with Crippen molar-refractivity contribution >= 4 is 15.9 Å². The molecule has 2 rings (SSSR count). The van der Waals surface area contributed by atoms with Gasteiger partial charge in [0.05, 0.1) is 0 Å². The van der Waals surface area contributed by atoms with Crippen molar-refractivity contribution in [2.45, 2.75) is 13.0 Å². The van der Waals surface area contributed by atoms with Crippen LogP contribution in [0.2, 0.25) is 0 Å². The quantitative estimate of drug-likeness (QED) is 0.921. The highest BCUT2D eigenvalue weighted by molar-refractivity contribution is 9.10. The number of aromatic nitrogens is 4. The largest absolute Gasteiger partial charge is 0.330 e. The maximum atomic E-state index is 5.47. The summed E-state index contributed by atoms with van der Waals surface area (Å²) in [7, 11) is 0. The van der Waals surface area contributed by atoms with Gasteiger partial charge in [0.2, 0.25) is 0 Å². The van der Waals surface area contributed by atoms with E-state index in [-0.39, 0.29) is 0 Å². The molecule has 16 heavy (non-hydrogen) atoms. The highest BCUT2D eigenvalue weighted by atomic mass is 79.9. The van der Waals surface area contributed by atoms with E-state index in [9.17, 15) is 0 Å². The van der Waals surface area contributed by atoms with Crippen molar-refractivity contribution in [2.75, 3.05) is 6.54 Å². The summed E-state index contributed by atoms with van der Waals surface area (Å²) in [5, 5.41) is 11.7. The number of nitrogens with two attached hydrogens (primary N) is 1. The van der Waals surface area contributed by atoms with Crippen LogP contribution in [-0.2, 0) is 6.54 Å². The van der Waals surface area contributed by atoms with Gasteiger partial charge in [0, 0.05) is 16.6 Å². The normalized spacial score (nSPS) is 10.6. The zero-order chi connectivity index (χ0) is 11.4. The maximum Gasteiger partial charge on any atom is 0.182 e. The highest BCUT2D eigenvalue weighted by Gasteiger charge is 2.08. The van der Waals surface area contributed by atoms with Crippen molar-refractivity contribution in [2.24, 2.45) is 5.73 Å². The Morgan fingerprint density at radius 2 is 2.25 bits per heavy atom. The Labute approximate surface area is 102 Å². The van der Waals surface area contributed by atoms with Crippen LogP contribution in [-0.4, -0.2) is 26.8 Å². The molecular weight excluding hydrogens is 270 g/mol. The fourth-order valence-electron chi connectivity index (χ4n) is 1.43. The van der Waals surface area contributed by atoms with Gasteiger partial charge in [-0.15, -0.1) is 5.10 Å². The van der Waals surface area contributed by atoms with Crippen molar-refractivity contribution in [1.82, 2.24) is 20.2 Å². The minimum absolute atomic E-state index is 0.637. The van der Waals surface area contributed by atoms with Crippen molar-refractivity contribution in [3.05, 3.63) is 28.7 Å². The summed E-state index contributed by atoms with van der Waals surface area (Å²) < 4.78 is 2.78. The van der Waals surface area contributed by atoms with Crippen LogP contribution in [0.1, 0.15) is 6.42 Å². The lowest BCUT2D eigenvalue weighted by Gasteiger charge is -2.03. The van der Waals surface area contributed by atoms with Crippen LogP contribution in [0.4, 0.5) is 0 Å². The summed E-state index contributed by atoms with van der Waals surface area (Å²) in [5.41, 5.74) is 6.47. The Morgan fingerprint density at radius 1 is 1.38 bits per heavy atom. The Morgan fingerprint density at radius 3 is 3.00 bits per heavy atom. The molecule has 0 atom stereocenters. The SMILES string of the molecule is NCCCn1nnnc1-c1cccc(Br)c1. The van der Waals surface area contributed by atoms with Crippen molar-refractivity contribution in [3.63, 3.8) is 0 Å². The van der Waals surface area contributed by atoms with E-state index < -0.39 is 0 Å². The Kier molecular flexibility index (Phi) is 3.63. The molecule has 2 aromatic rings. The molecule has 1 heterocycles. The number of benzene rings is 1. The molecule has 0 aliphatic heterocycles. The van der Waals surface area contributed by atoms with Crippen LogP contribution in [0.3, 0.4) is 0 Å². The molecule has 5 nitrogen and oxygen atoms in total. The van der Waals surface area contributed by atoms with Crippen molar-refractivity contribution in [1.29, 1.82) is 0 Å². The third kappa shape index (κ3) is 2.45. The average molecular weight is 282 g/mol. The molecule has 1 aromatic heterocycles. The molecule has 0 amide bonds. The molecule has 0 unspecified atom stereocenters. The van der Waals surface area contributed by atoms with E-state index in [1.165, 1.54) is 0 Å². The summed E-state index contributed by atoms with van der Waals surface area (Å²) in [6, 6.07) is 7.90. The molecule has 0 saturated carbocycles. The Hall–Kier alpha value is -1.27. The number of hydrogen-bond acceptors (Lipinski definition) is 4. The minimum Gasteiger partial charge on any atom is -0.330 e. The molecule has 84 valence electrons. The summed E-state index contributed by atoms with van der Waals surface area (Å²) in [6.45, 7) is 1.38. The Balaban J connectivity index is 2.29. The van der Waals surface area contributed by atoms with Gasteiger partial charge in [-0.1, -0.05) is 28.1 Å². The van der Waals surface area contributed by atoms with Crippen LogP contribution < -0.4 is 5.73 Å². The molecule has 6 heteroatoms. The second-order valence-corrected chi connectivity index (χ2v) is 4.29. The number of tetrazole rings is 1. The molecule has 0 aliphatic carbocycles. The van der Waals surface area contributed by atoms with Crippen LogP contribution in [0, 0.1) is 0 Å². The van der Waals surface area contributed by atoms with E-state index in [1.807, 2.05) is 24.3 Å². The van der Waals surface area contributed by atoms with E-state index in [2.05, 4.69) is 31.5 Å². The number of nitrogens with zero attached hydrogens (tertiary/aromatic N) is 4. The lowest BCUT2D eigenvalue weighted by atomic mass is 10.2. The molecule has 2 N–H and O–H groups in total. The number of hydrogen-bond donors (Lipinski definition) is 1. The molecule has 0 aliphatic rings. The van der Waals surface area contributed by atoms with Gasteiger partial charge < -0.3 is 5.73 Å². The van der Waals surface area contributed by atoms with E-state index in [0.29, 0.717) is 6.54 Å². The molecule has 1 aromatic carbocycles. The van der Waals surface area contributed by atoms with Gasteiger partial charge in [-0.3, -0.25) is 0 Å². The zero-order valence-corrected chi connectivity index (χ0v) is 10.3. The first-order valence-corrected chi connectivity index (χ1v) is 5.83. The van der Waals surface area contributed by atoms with Gasteiger partial charge in [-0.2, -0.15) is 0 Å². The van der Waals surface area contributed by atoms with Crippen molar-refractivity contribution in [3.8, 4) is 11.4 Å². The Bertz CT molecular complexity index is 468. The van der Waals surface area contributed by atoms with Crippen LogP contribution in [0.5, 0.6) is 0 Å². The average Bonchev–Trinajstić information content (AvgIpc) is 2.74. The van der Waals surface area contributed by atoms with Crippen LogP contribution in [0.25, 0.3) is 11.4 Å². The molecular formula is C10H12BrN5. The molecule has 0 fully saturated rings. The van der Waals surface area contributed by atoms with E-state index >= 15 is 0 Å². The first kappa shape index (κ1) is 11.2. The predicted octanol–water partition coefficient (Wildman–Crippen LogP) is 1.45. The molecule has 0 saturated heterocycles. The fraction of sp³-hybridized carbons (Fsp3) is 0.300. The summed E-state index contributed by atoms with van der Waals surface area (Å²) >= 11 is 3.43. The summed E-state index contributed by atoms with van der Waals surface area (Å²) in [6.07, 6.45) is 0.867. The first-order chi connectivity index (χ1) is 7.81. The second-order valence-electron chi connectivity index (χ2n) is 3.38. The third-order valence-electron chi connectivity index (χ3n) is 2.19. The van der Waals surface area contributed by atoms with Gasteiger partial charge in [0.25, 0.3) is 0 Å². The van der Waals surface area contributed by atoms with Gasteiger partial charge in [0.15, 0.2) is 5.82 Å². The monoisotopic (exact) mass is 281 g/mol. The van der Waals surface area contributed by atoms with Gasteiger partial charge in [0.1, 0.15) is 0 Å². The topological polar surface area (TPSA) is 69.6 Å². The van der Waals surface area contributed by atoms with E-state index in [4.69, 9.17) is 5.73 Å². The van der Waals surface area contributed by atoms with Gasteiger partial charge in [-0.05, 0) is 35.5 Å². The second kappa shape index (κ2) is 5.18. The minimum atomic E-state index is 0.637. The maximum absolute atomic E-state index is 5.47. The zero-order valence-electron chi connectivity index (χ0n) is 8.67. The summed E-state index contributed by atoms with van der Waals surface area (Å²) in [4.78, 5) is 0. The predicted molar refractivity (Wildman–Crippen MR) is 64.6 cm³/mol. The van der Waals surface area contributed by atoms with Gasteiger partial charge >= 0.3 is 0 Å². The first-order valence-electron chi connectivity index (χ1n) is 5.03. The van der Waals surface area contributed by atoms with Gasteiger partial charge in [-0.25, -0.2) is 4.68 Å². The number of halogens is 1. The lowest BCUT2D eigenvalue weighted by molar-refractivity contribution is 0.568. The van der Waals surface area contributed by atoms with Crippen LogP contribution >= 0.6 is 15.9 Å². The molecule has 0 spiro atoms. The lowest BCUT2D eigenvalue weighted by Crippen LogP contribution is -2.08. The highest BCUT2D eigenvalue weighted by Crippen LogP contribution is 2.20. The smallest absolute Gasteiger partial charge is 0.182 e. The molecule has 0 bridgehead atoms. The van der Waals surface area contributed by atoms with E-state index in [0.717, 1.165) is 28.8 Å². The summed E-state index contributed by atoms with van der Waals surface area (Å²) in [5.74, 6) is 0.773. The number of aryl methyl sites for hydroxylation is 1. The third-order valence-corrected chi connectivity index (χ3v) is 2.68. The number of rotatable bonds is 4. The fourth-order valence-corrected chi connectivity index (χ4v) is 1.83. The molecule has 0 radical (unpaired) electrons. The van der Waals surface area contributed by atoms with Crippen molar-refractivity contribution < 1.29 is 0 Å².